The second-order valence-electron chi connectivity index (χ2n) is 15.3. The van der Waals surface area contributed by atoms with Gasteiger partial charge in [0.15, 0.2) is 6.29 Å². The highest BCUT2D eigenvalue weighted by atomic mass is 35.5. The molecule has 0 unspecified atom stereocenters. The van der Waals surface area contributed by atoms with Gasteiger partial charge in [0.1, 0.15) is 11.4 Å². The third kappa shape index (κ3) is 7.37. The minimum atomic E-state index is -3.97. The van der Waals surface area contributed by atoms with E-state index in [9.17, 15) is 18.0 Å². The van der Waals surface area contributed by atoms with Crippen LogP contribution in [0.2, 0.25) is 5.02 Å². The summed E-state index contributed by atoms with van der Waals surface area (Å²) in [5.41, 5.74) is 3.23. The number of aldehydes is 1. The quantitative estimate of drug-likeness (QED) is 0.275. The predicted octanol–water partition coefficient (Wildman–Crippen LogP) is 4.85. The fourth-order valence-electron chi connectivity index (χ4n) is 8.69. The van der Waals surface area contributed by atoms with Gasteiger partial charge in [-0.25, -0.2) is 17.8 Å². The second kappa shape index (κ2) is 15.2. The van der Waals surface area contributed by atoms with Crippen LogP contribution in [0.4, 0.5) is 5.69 Å². The van der Waals surface area contributed by atoms with Gasteiger partial charge in [-0.1, -0.05) is 35.9 Å². The highest BCUT2D eigenvalue weighted by Gasteiger charge is 2.49. The lowest BCUT2D eigenvalue weighted by Crippen LogP contribution is -2.53. The summed E-state index contributed by atoms with van der Waals surface area (Å²) in [6.45, 7) is 8.05. The highest BCUT2D eigenvalue weighted by molar-refractivity contribution is 7.90. The number of nitrogens with one attached hydrogen (secondary N) is 2. The van der Waals surface area contributed by atoms with E-state index in [1.807, 2.05) is 29.8 Å². The zero-order valence-corrected chi connectivity index (χ0v) is 32.2. The van der Waals surface area contributed by atoms with E-state index in [2.05, 4.69) is 37.4 Å². The van der Waals surface area contributed by atoms with Gasteiger partial charge in [0, 0.05) is 55.2 Å². The fourth-order valence-corrected chi connectivity index (χ4v) is 10.2. The van der Waals surface area contributed by atoms with Crippen molar-refractivity contribution in [2.45, 2.75) is 81.7 Å². The Morgan fingerprint density at radius 2 is 2.00 bits per heavy atom. The third-order valence-corrected chi connectivity index (χ3v) is 14.4. The van der Waals surface area contributed by atoms with Crippen LogP contribution in [0, 0.1) is 17.8 Å². The number of methoxy groups -OCH3 is 1. The molecule has 1 aromatic heterocycles. The standard InChI is InChI=1S/C34H41ClN2O6S.C5H8N4/c1-22-6-4-15-34(20-38,42-3)29-11-8-26(29)18-37-19-33(14-5-7-24-16-27(35)10-12-28(24)33)21-43-31-13-9-25(17-30(31)37)32(39)36-44(40,41)23(22)2;1-2-9-5(3-6-1)4-7-8-9/h4,9-10,12-13,15-17,20,22-23,26,29H,5-8,11,14,18-19,21H2,1-3H3,(H,36,39);4,6H,1-3H2/b15-4+;/t22-,23+,26-,29+,33-,34+;/m0./s1. The first kappa shape index (κ1) is 37.5. The van der Waals surface area contributed by atoms with Crippen LogP contribution < -0.4 is 19.7 Å². The Morgan fingerprint density at radius 3 is 2.75 bits per heavy atom. The molecule has 2 aliphatic carbocycles. The summed E-state index contributed by atoms with van der Waals surface area (Å²) in [6, 6.07) is 11.3. The molecule has 2 N–H and O–H groups in total. The summed E-state index contributed by atoms with van der Waals surface area (Å²) in [4.78, 5) is 28.4. The van der Waals surface area contributed by atoms with Gasteiger partial charge in [0.25, 0.3) is 5.91 Å². The Morgan fingerprint density at radius 1 is 1.15 bits per heavy atom. The van der Waals surface area contributed by atoms with Gasteiger partial charge in [-0.3, -0.25) is 9.59 Å². The summed E-state index contributed by atoms with van der Waals surface area (Å²) in [5.74, 6) is -0.203. The fraction of sp³-hybridized carbons (Fsp3) is 0.538. The van der Waals surface area contributed by atoms with E-state index >= 15 is 0 Å². The number of allylic oxidation sites excluding steroid dienone is 1. The van der Waals surface area contributed by atoms with Crippen molar-refractivity contribution in [2.75, 3.05) is 38.3 Å². The average Bonchev–Trinajstić information content (AvgIpc) is 3.57. The molecular weight excluding hydrogens is 716 g/mol. The van der Waals surface area contributed by atoms with Crippen LogP contribution in [0.25, 0.3) is 0 Å². The molecule has 3 aromatic rings. The van der Waals surface area contributed by atoms with Crippen LogP contribution in [0.3, 0.4) is 0 Å². The first-order valence-electron chi connectivity index (χ1n) is 18.6. The Kier molecular flexibility index (Phi) is 10.7. The van der Waals surface area contributed by atoms with Crippen molar-refractivity contribution >= 4 is 39.5 Å². The average molecular weight is 765 g/mol. The van der Waals surface area contributed by atoms with Crippen LogP contribution in [-0.2, 0) is 44.5 Å². The number of nitrogens with zero attached hydrogens (tertiary/aromatic N) is 4. The van der Waals surface area contributed by atoms with Gasteiger partial charge in [-0.05, 0) is 105 Å². The van der Waals surface area contributed by atoms with Crippen molar-refractivity contribution in [1.82, 2.24) is 25.0 Å². The Bertz CT molecular complexity index is 1970. The number of aromatic nitrogens is 3. The lowest BCUT2D eigenvalue weighted by molar-refractivity contribution is -0.135. The number of carbonyl (C=O) groups excluding carboxylic acids is 2. The monoisotopic (exact) mass is 764 g/mol. The summed E-state index contributed by atoms with van der Waals surface area (Å²) >= 11 is 6.40. The van der Waals surface area contributed by atoms with Crippen molar-refractivity contribution < 1.29 is 27.5 Å². The van der Waals surface area contributed by atoms with Gasteiger partial charge in [0.05, 0.1) is 36.0 Å². The minimum absolute atomic E-state index is 0.0434. The third-order valence-electron chi connectivity index (χ3n) is 12.2. The molecule has 8 rings (SSSR count). The molecule has 5 aliphatic rings. The minimum Gasteiger partial charge on any atom is -0.490 e. The molecule has 1 spiro atoms. The molecule has 284 valence electrons. The van der Waals surface area contributed by atoms with Gasteiger partial charge >= 0.3 is 0 Å². The number of anilines is 1. The van der Waals surface area contributed by atoms with Crippen LogP contribution in [0.15, 0.2) is 54.7 Å². The summed E-state index contributed by atoms with van der Waals surface area (Å²) in [6.07, 6.45) is 11.4. The van der Waals surface area contributed by atoms with Gasteiger partial charge in [0.2, 0.25) is 10.0 Å². The maximum absolute atomic E-state index is 13.4. The number of benzene rings is 2. The number of carbonyl (C=O) groups is 2. The molecule has 0 radical (unpaired) electrons. The molecule has 12 nitrogen and oxygen atoms in total. The zero-order valence-electron chi connectivity index (χ0n) is 30.6. The number of ether oxygens (including phenoxy) is 2. The van der Waals surface area contributed by atoms with Crippen molar-refractivity contribution in [3.63, 3.8) is 0 Å². The lowest BCUT2D eigenvalue weighted by atomic mass is 9.64. The second-order valence-corrected chi connectivity index (χ2v) is 17.8. The molecule has 3 aliphatic heterocycles. The Balaban J connectivity index is 0.000000418. The van der Waals surface area contributed by atoms with Gasteiger partial charge in [-0.2, -0.15) is 0 Å². The Labute approximate surface area is 316 Å². The smallest absolute Gasteiger partial charge is 0.264 e. The lowest BCUT2D eigenvalue weighted by Gasteiger charge is -2.48. The molecule has 0 saturated heterocycles. The van der Waals surface area contributed by atoms with Crippen LogP contribution in [0.1, 0.15) is 73.1 Å². The van der Waals surface area contributed by atoms with Crippen molar-refractivity contribution in [2.24, 2.45) is 17.8 Å². The largest absolute Gasteiger partial charge is 0.490 e. The first-order valence-corrected chi connectivity index (χ1v) is 20.5. The van der Waals surface area contributed by atoms with Crippen LogP contribution >= 0.6 is 11.6 Å². The molecule has 14 heteroatoms. The number of hydrogen-bond donors (Lipinski definition) is 2. The topological polar surface area (TPSA) is 145 Å². The van der Waals surface area contributed by atoms with E-state index in [4.69, 9.17) is 21.1 Å². The first-order chi connectivity index (χ1) is 25.5. The Hall–Kier alpha value is -3.78. The number of halogens is 1. The van der Waals surface area contributed by atoms with Crippen molar-refractivity contribution in [3.05, 3.63) is 82.2 Å². The number of fused-ring (bicyclic) bond motifs is 5. The number of rotatable bonds is 2. The van der Waals surface area contributed by atoms with Crippen molar-refractivity contribution in [3.8, 4) is 5.75 Å². The SMILES string of the molecule is CO[C@@]1(C=O)/C=C/C[C@H](C)[C@@H](C)S(=O)(=O)NC(=O)c2ccc3c(c2)N(C[C@@H]2CC[C@H]21)C[C@@]1(CCCc2cc(Cl)ccc21)CO3.c1nnn2c1CNCC2. The summed E-state index contributed by atoms with van der Waals surface area (Å²) in [7, 11) is -2.41. The normalized spacial score (nSPS) is 31.1. The number of hydrogen-bond acceptors (Lipinski definition) is 10. The molecule has 2 bridgehead atoms. The molecule has 1 amide bonds. The van der Waals surface area contributed by atoms with E-state index in [0.717, 1.165) is 63.7 Å². The summed E-state index contributed by atoms with van der Waals surface area (Å²) in [5, 5.41) is 10.8. The number of aryl methyl sites for hydroxylation is 1. The van der Waals surface area contributed by atoms with E-state index < -0.39 is 26.8 Å². The van der Waals surface area contributed by atoms with Crippen LogP contribution in [-0.4, -0.2) is 79.8 Å². The molecular formula is C39H49ClN6O6S. The van der Waals surface area contributed by atoms with Gasteiger partial charge < -0.3 is 19.7 Å². The van der Waals surface area contributed by atoms with E-state index in [-0.39, 0.29) is 28.7 Å². The zero-order chi connectivity index (χ0) is 37.4. The molecule has 1 saturated carbocycles. The molecule has 6 atom stereocenters. The van der Waals surface area contributed by atoms with E-state index in [1.165, 1.54) is 16.8 Å². The van der Waals surface area contributed by atoms with E-state index in [1.54, 1.807) is 38.4 Å². The maximum atomic E-state index is 13.4. The summed E-state index contributed by atoms with van der Waals surface area (Å²) < 4.78 is 43.3. The number of amides is 1. The van der Waals surface area contributed by atoms with Crippen molar-refractivity contribution in [1.29, 1.82) is 0 Å². The van der Waals surface area contributed by atoms with Crippen LogP contribution in [0.5, 0.6) is 5.75 Å². The van der Waals surface area contributed by atoms with E-state index in [0.29, 0.717) is 36.9 Å². The molecule has 1 fully saturated rings. The maximum Gasteiger partial charge on any atom is 0.264 e. The molecule has 2 aromatic carbocycles. The molecule has 53 heavy (non-hydrogen) atoms. The highest BCUT2D eigenvalue weighted by Crippen LogP contribution is 2.48. The molecule has 4 heterocycles. The van der Waals surface area contributed by atoms with Gasteiger partial charge in [-0.15, -0.1) is 5.10 Å². The number of sulfonamides is 1. The predicted molar refractivity (Wildman–Crippen MR) is 203 cm³/mol.